The van der Waals surface area contributed by atoms with Gasteiger partial charge in [0.2, 0.25) is 5.91 Å². The summed E-state index contributed by atoms with van der Waals surface area (Å²) in [7, 11) is 0. The van der Waals surface area contributed by atoms with Gasteiger partial charge in [0.25, 0.3) is 0 Å². The SMILES string of the molecule is NCCCC[C@H](NC(=O)/C=C\C(=O)O)C(=O)O. The van der Waals surface area contributed by atoms with Crippen molar-refractivity contribution in [2.24, 2.45) is 5.73 Å². The second kappa shape index (κ2) is 8.28. The predicted octanol–water partition coefficient (Wildman–Crippen LogP) is -0.674. The molecule has 0 saturated heterocycles. The summed E-state index contributed by atoms with van der Waals surface area (Å²) in [6.07, 6.45) is 2.94. The molecule has 0 saturated carbocycles. The number of carboxylic acids is 2. The molecule has 0 aromatic rings. The van der Waals surface area contributed by atoms with Gasteiger partial charge in [-0.1, -0.05) is 0 Å². The number of nitrogens with two attached hydrogens (primary N) is 1. The minimum atomic E-state index is -1.27. The fraction of sp³-hybridized carbons (Fsp3) is 0.500. The van der Waals surface area contributed by atoms with E-state index in [1.54, 1.807) is 0 Å². The molecule has 0 spiro atoms. The topological polar surface area (TPSA) is 130 Å². The van der Waals surface area contributed by atoms with Crippen molar-refractivity contribution >= 4 is 17.8 Å². The number of rotatable bonds is 8. The Morgan fingerprint density at radius 3 is 2.29 bits per heavy atom. The molecule has 0 unspecified atom stereocenters. The smallest absolute Gasteiger partial charge is 0.328 e. The highest BCUT2D eigenvalue weighted by Gasteiger charge is 2.18. The Bertz CT molecular complexity index is 314. The molecule has 0 aromatic heterocycles. The fourth-order valence-corrected chi connectivity index (χ4v) is 1.12. The van der Waals surface area contributed by atoms with E-state index in [0.717, 1.165) is 6.08 Å². The van der Waals surface area contributed by atoms with E-state index >= 15 is 0 Å². The molecule has 0 heterocycles. The molecular formula is C10H16N2O5. The molecule has 0 rings (SSSR count). The number of hydrogen-bond donors (Lipinski definition) is 4. The van der Waals surface area contributed by atoms with Crippen molar-refractivity contribution in [3.8, 4) is 0 Å². The first-order valence-electron chi connectivity index (χ1n) is 5.11. The molecule has 0 aliphatic carbocycles. The number of carbonyl (C=O) groups excluding carboxylic acids is 1. The molecule has 0 fully saturated rings. The second-order valence-electron chi connectivity index (χ2n) is 3.36. The fourth-order valence-electron chi connectivity index (χ4n) is 1.12. The minimum Gasteiger partial charge on any atom is -0.480 e. The Morgan fingerprint density at radius 2 is 1.82 bits per heavy atom. The molecule has 7 heteroatoms. The van der Waals surface area contributed by atoms with Gasteiger partial charge in [-0.3, -0.25) is 4.79 Å². The van der Waals surface area contributed by atoms with Crippen LogP contribution in [0.25, 0.3) is 0 Å². The second-order valence-corrected chi connectivity index (χ2v) is 3.36. The van der Waals surface area contributed by atoms with Gasteiger partial charge in [0.15, 0.2) is 0 Å². The Labute approximate surface area is 98.3 Å². The van der Waals surface area contributed by atoms with E-state index in [9.17, 15) is 14.4 Å². The highest BCUT2D eigenvalue weighted by atomic mass is 16.4. The zero-order valence-electron chi connectivity index (χ0n) is 9.26. The molecule has 96 valence electrons. The highest BCUT2D eigenvalue weighted by Crippen LogP contribution is 2.00. The first kappa shape index (κ1) is 15.1. The van der Waals surface area contributed by atoms with Crippen LogP contribution >= 0.6 is 0 Å². The van der Waals surface area contributed by atoms with Gasteiger partial charge in [0.1, 0.15) is 6.04 Å². The van der Waals surface area contributed by atoms with Crippen molar-refractivity contribution < 1.29 is 24.6 Å². The van der Waals surface area contributed by atoms with E-state index in [1.807, 2.05) is 0 Å². The van der Waals surface area contributed by atoms with Gasteiger partial charge >= 0.3 is 11.9 Å². The van der Waals surface area contributed by atoms with Gasteiger partial charge in [0, 0.05) is 12.2 Å². The van der Waals surface area contributed by atoms with Crippen LogP contribution in [0.3, 0.4) is 0 Å². The first-order chi connectivity index (χ1) is 7.97. The van der Waals surface area contributed by atoms with Crippen LogP contribution in [0.1, 0.15) is 19.3 Å². The maximum absolute atomic E-state index is 11.1. The maximum Gasteiger partial charge on any atom is 0.328 e. The van der Waals surface area contributed by atoms with Crippen LogP contribution in [0.15, 0.2) is 12.2 Å². The molecule has 0 bridgehead atoms. The first-order valence-corrected chi connectivity index (χ1v) is 5.11. The molecule has 5 N–H and O–H groups in total. The molecule has 0 aliphatic heterocycles. The van der Waals surface area contributed by atoms with Crippen LogP contribution < -0.4 is 11.1 Å². The Hall–Kier alpha value is -1.89. The standard InChI is InChI=1S/C10H16N2O5/c11-6-2-1-3-7(10(16)17)12-8(13)4-5-9(14)15/h4-5,7H,1-3,6,11H2,(H,12,13)(H,14,15)(H,16,17)/b5-4-/t7-/m0/s1. The molecule has 0 radical (unpaired) electrons. The Balaban J connectivity index is 4.20. The average molecular weight is 244 g/mol. The van der Waals surface area contributed by atoms with Crippen LogP contribution in [-0.4, -0.2) is 40.6 Å². The molecule has 0 aromatic carbocycles. The number of unbranched alkanes of at least 4 members (excludes halogenated alkanes) is 1. The summed E-state index contributed by atoms with van der Waals surface area (Å²) in [5.41, 5.74) is 5.26. The minimum absolute atomic E-state index is 0.263. The summed E-state index contributed by atoms with van der Waals surface area (Å²) in [5.74, 6) is -3.16. The van der Waals surface area contributed by atoms with Crippen LogP contribution in [-0.2, 0) is 14.4 Å². The summed E-state index contributed by atoms with van der Waals surface area (Å²) in [6.45, 7) is 0.458. The van der Waals surface area contributed by atoms with E-state index < -0.39 is 23.9 Å². The lowest BCUT2D eigenvalue weighted by Gasteiger charge is -2.12. The summed E-state index contributed by atoms with van der Waals surface area (Å²) in [4.78, 5) is 32.1. The number of aliphatic carboxylic acids is 2. The summed E-state index contributed by atoms with van der Waals surface area (Å²) in [6, 6.07) is -1.02. The third-order valence-corrected chi connectivity index (χ3v) is 1.94. The molecular weight excluding hydrogens is 228 g/mol. The average Bonchev–Trinajstić information content (AvgIpc) is 2.25. The summed E-state index contributed by atoms with van der Waals surface area (Å²) >= 11 is 0. The number of carbonyl (C=O) groups is 3. The van der Waals surface area contributed by atoms with Crippen molar-refractivity contribution in [2.45, 2.75) is 25.3 Å². The monoisotopic (exact) mass is 244 g/mol. The number of hydrogen-bond acceptors (Lipinski definition) is 4. The number of carboxylic acid groups (broad SMARTS) is 2. The number of amides is 1. The van der Waals surface area contributed by atoms with Gasteiger partial charge in [-0.15, -0.1) is 0 Å². The summed E-state index contributed by atoms with van der Waals surface area (Å²) in [5, 5.41) is 19.3. The lowest BCUT2D eigenvalue weighted by atomic mass is 10.1. The van der Waals surface area contributed by atoms with Crippen LogP contribution in [0.4, 0.5) is 0 Å². The van der Waals surface area contributed by atoms with Crippen molar-refractivity contribution in [1.82, 2.24) is 5.32 Å². The normalized spacial score (nSPS) is 12.3. The van der Waals surface area contributed by atoms with Crippen LogP contribution in [0.2, 0.25) is 0 Å². The molecule has 17 heavy (non-hydrogen) atoms. The van der Waals surface area contributed by atoms with E-state index in [1.165, 1.54) is 0 Å². The van der Waals surface area contributed by atoms with Gasteiger partial charge in [0.05, 0.1) is 0 Å². The van der Waals surface area contributed by atoms with Crippen molar-refractivity contribution in [3.05, 3.63) is 12.2 Å². The molecule has 1 amide bonds. The van der Waals surface area contributed by atoms with E-state index in [4.69, 9.17) is 15.9 Å². The molecule has 0 aliphatic rings. The maximum atomic E-state index is 11.1. The van der Waals surface area contributed by atoms with Gasteiger partial charge in [-0.05, 0) is 25.8 Å². The van der Waals surface area contributed by atoms with Gasteiger partial charge in [-0.25, -0.2) is 9.59 Å². The van der Waals surface area contributed by atoms with Gasteiger partial charge in [-0.2, -0.15) is 0 Å². The lowest BCUT2D eigenvalue weighted by molar-refractivity contribution is -0.141. The zero-order valence-corrected chi connectivity index (χ0v) is 9.26. The van der Waals surface area contributed by atoms with Crippen molar-refractivity contribution in [3.63, 3.8) is 0 Å². The predicted molar refractivity (Wildman–Crippen MR) is 59.2 cm³/mol. The van der Waals surface area contributed by atoms with Crippen molar-refractivity contribution in [1.29, 1.82) is 0 Å². The highest BCUT2D eigenvalue weighted by molar-refractivity contribution is 5.95. The van der Waals surface area contributed by atoms with Crippen molar-refractivity contribution in [2.75, 3.05) is 6.54 Å². The molecule has 7 nitrogen and oxygen atoms in total. The zero-order chi connectivity index (χ0) is 13.3. The van der Waals surface area contributed by atoms with E-state index in [2.05, 4.69) is 5.32 Å². The van der Waals surface area contributed by atoms with Crippen LogP contribution in [0, 0.1) is 0 Å². The number of nitrogens with one attached hydrogen (secondary N) is 1. The Morgan fingerprint density at radius 1 is 1.18 bits per heavy atom. The molecule has 1 atom stereocenters. The third kappa shape index (κ3) is 7.97. The summed E-state index contributed by atoms with van der Waals surface area (Å²) < 4.78 is 0. The van der Waals surface area contributed by atoms with E-state index in [-0.39, 0.29) is 6.42 Å². The Kier molecular flexibility index (Phi) is 7.36. The largest absolute Gasteiger partial charge is 0.480 e. The quantitative estimate of drug-likeness (QED) is 0.331. The third-order valence-electron chi connectivity index (χ3n) is 1.94. The van der Waals surface area contributed by atoms with Gasteiger partial charge < -0.3 is 21.3 Å². The lowest BCUT2D eigenvalue weighted by Crippen LogP contribution is -2.40. The van der Waals surface area contributed by atoms with E-state index in [0.29, 0.717) is 25.5 Å². The van der Waals surface area contributed by atoms with Crippen LogP contribution in [0.5, 0.6) is 0 Å².